The molecule has 1 atom stereocenters. The molecule has 1 aliphatic rings. The van der Waals surface area contributed by atoms with Crippen molar-refractivity contribution in [2.24, 2.45) is 4.99 Å². The molecule has 35 heavy (non-hydrogen) atoms. The quantitative estimate of drug-likeness (QED) is 0.398. The van der Waals surface area contributed by atoms with Crippen LogP contribution < -0.4 is 10.1 Å². The minimum Gasteiger partial charge on any atom is -0.497 e. The zero-order chi connectivity index (χ0) is 24.9. The normalized spacial score (nSPS) is 16.9. The Kier molecular flexibility index (Phi) is 8.00. The molecule has 2 amide bonds. The van der Waals surface area contributed by atoms with Crippen LogP contribution in [0.4, 0.5) is 11.4 Å². The minimum atomic E-state index is -0.646. The van der Waals surface area contributed by atoms with E-state index in [-0.39, 0.29) is 18.2 Å². The molecule has 4 rings (SSSR count). The van der Waals surface area contributed by atoms with Crippen molar-refractivity contribution in [1.29, 1.82) is 0 Å². The molecular weight excluding hydrogens is 505 g/mol. The van der Waals surface area contributed by atoms with Crippen molar-refractivity contribution in [2.45, 2.75) is 25.1 Å². The summed E-state index contributed by atoms with van der Waals surface area (Å²) in [6.45, 7) is 2.21. The van der Waals surface area contributed by atoms with Gasteiger partial charge >= 0.3 is 0 Å². The third-order valence-electron chi connectivity index (χ3n) is 5.40. The SMILES string of the molecule is COc1ccc(CN2C(=O)CC(C(=O)Nc3ccc(C)c(Cl)c3)SC2=Nc2cccc(Cl)c2)cc1. The van der Waals surface area contributed by atoms with E-state index in [0.717, 1.165) is 16.9 Å². The number of aliphatic imine (C=N–C) groups is 1. The van der Waals surface area contributed by atoms with Gasteiger partial charge in [0.15, 0.2) is 5.17 Å². The van der Waals surface area contributed by atoms with Crippen LogP contribution in [0, 0.1) is 6.92 Å². The molecule has 6 nitrogen and oxygen atoms in total. The van der Waals surface area contributed by atoms with E-state index in [1.54, 1.807) is 48.4 Å². The van der Waals surface area contributed by atoms with Gasteiger partial charge in [0.1, 0.15) is 11.0 Å². The van der Waals surface area contributed by atoms with Gasteiger partial charge in [-0.15, -0.1) is 0 Å². The average molecular weight is 528 g/mol. The Morgan fingerprint density at radius 3 is 2.60 bits per heavy atom. The summed E-state index contributed by atoms with van der Waals surface area (Å²) in [5.41, 5.74) is 3.00. The predicted octanol–water partition coefficient (Wildman–Crippen LogP) is 6.47. The summed E-state index contributed by atoms with van der Waals surface area (Å²) in [6, 6.07) is 19.8. The van der Waals surface area contributed by atoms with E-state index >= 15 is 0 Å². The van der Waals surface area contributed by atoms with Crippen molar-refractivity contribution in [2.75, 3.05) is 12.4 Å². The Bertz CT molecular complexity index is 1280. The van der Waals surface area contributed by atoms with Gasteiger partial charge in [-0.05, 0) is 60.5 Å². The predicted molar refractivity (Wildman–Crippen MR) is 143 cm³/mol. The summed E-state index contributed by atoms with van der Waals surface area (Å²) >= 11 is 13.6. The second-order valence-electron chi connectivity index (χ2n) is 7.97. The number of aryl methyl sites for hydroxylation is 1. The van der Waals surface area contributed by atoms with Crippen LogP contribution in [0.3, 0.4) is 0 Å². The third kappa shape index (κ3) is 6.36. The van der Waals surface area contributed by atoms with Gasteiger partial charge in [-0.2, -0.15) is 0 Å². The first-order valence-corrected chi connectivity index (χ1v) is 12.5. The zero-order valence-electron chi connectivity index (χ0n) is 19.1. The summed E-state index contributed by atoms with van der Waals surface area (Å²) in [6.07, 6.45) is 0.0425. The molecule has 0 aliphatic carbocycles. The number of nitrogens with zero attached hydrogens (tertiary/aromatic N) is 2. The third-order valence-corrected chi connectivity index (χ3v) is 7.23. The number of rotatable bonds is 6. The molecule has 9 heteroatoms. The van der Waals surface area contributed by atoms with E-state index in [1.165, 1.54) is 11.8 Å². The number of benzene rings is 3. The molecular formula is C26H23Cl2N3O3S. The van der Waals surface area contributed by atoms with Crippen molar-refractivity contribution in [3.63, 3.8) is 0 Å². The average Bonchev–Trinajstić information content (AvgIpc) is 2.84. The number of thioether (sulfide) groups is 1. The fourth-order valence-corrected chi connectivity index (χ4v) is 4.92. The maximum absolute atomic E-state index is 13.2. The molecule has 1 N–H and O–H groups in total. The Morgan fingerprint density at radius 2 is 1.91 bits per heavy atom. The van der Waals surface area contributed by atoms with E-state index in [1.807, 2.05) is 37.3 Å². The van der Waals surface area contributed by atoms with Gasteiger partial charge in [-0.1, -0.05) is 59.2 Å². The van der Waals surface area contributed by atoms with Crippen LogP contribution >= 0.6 is 35.0 Å². The summed E-state index contributed by atoms with van der Waals surface area (Å²) in [7, 11) is 1.60. The number of anilines is 1. The lowest BCUT2D eigenvalue weighted by Gasteiger charge is -2.32. The Labute approximate surface area is 218 Å². The second kappa shape index (κ2) is 11.2. The van der Waals surface area contributed by atoms with Crippen LogP contribution in [-0.4, -0.2) is 34.2 Å². The van der Waals surface area contributed by atoms with E-state index < -0.39 is 5.25 Å². The molecule has 3 aromatic carbocycles. The van der Waals surface area contributed by atoms with Gasteiger partial charge in [0.25, 0.3) is 0 Å². The zero-order valence-corrected chi connectivity index (χ0v) is 21.5. The Morgan fingerprint density at radius 1 is 1.14 bits per heavy atom. The lowest BCUT2D eigenvalue weighted by Crippen LogP contribution is -2.44. The molecule has 0 bridgehead atoms. The summed E-state index contributed by atoms with van der Waals surface area (Å²) in [5.74, 6) is 0.252. The van der Waals surface area contributed by atoms with Crippen LogP contribution in [0.2, 0.25) is 10.0 Å². The fraction of sp³-hybridized carbons (Fsp3) is 0.192. The highest BCUT2D eigenvalue weighted by Gasteiger charge is 2.36. The molecule has 3 aromatic rings. The van der Waals surface area contributed by atoms with Gasteiger partial charge in [-0.3, -0.25) is 14.5 Å². The van der Waals surface area contributed by atoms with Crippen molar-refractivity contribution >= 4 is 63.3 Å². The number of nitrogens with one attached hydrogen (secondary N) is 1. The number of amidine groups is 1. The first-order chi connectivity index (χ1) is 16.8. The molecule has 0 saturated carbocycles. The monoisotopic (exact) mass is 527 g/mol. The molecule has 180 valence electrons. The molecule has 1 aliphatic heterocycles. The molecule has 1 fully saturated rings. The van der Waals surface area contributed by atoms with Crippen LogP contribution in [-0.2, 0) is 16.1 Å². The maximum Gasteiger partial charge on any atom is 0.238 e. The van der Waals surface area contributed by atoms with Crippen LogP contribution in [0.1, 0.15) is 17.5 Å². The topological polar surface area (TPSA) is 71.0 Å². The van der Waals surface area contributed by atoms with E-state index in [4.69, 9.17) is 27.9 Å². The van der Waals surface area contributed by atoms with Crippen LogP contribution in [0.25, 0.3) is 0 Å². The number of hydrogen-bond acceptors (Lipinski definition) is 5. The highest BCUT2D eigenvalue weighted by molar-refractivity contribution is 8.15. The smallest absolute Gasteiger partial charge is 0.238 e. The van der Waals surface area contributed by atoms with Crippen LogP contribution in [0.15, 0.2) is 71.7 Å². The van der Waals surface area contributed by atoms with Crippen molar-refractivity contribution in [3.05, 3.63) is 87.9 Å². The van der Waals surface area contributed by atoms with Gasteiger partial charge in [0.05, 0.1) is 19.3 Å². The lowest BCUT2D eigenvalue weighted by molar-refractivity contribution is -0.129. The van der Waals surface area contributed by atoms with Gasteiger partial charge < -0.3 is 10.1 Å². The lowest BCUT2D eigenvalue weighted by atomic mass is 10.2. The molecule has 1 heterocycles. The number of methoxy groups -OCH3 is 1. The first-order valence-electron chi connectivity index (χ1n) is 10.8. The maximum atomic E-state index is 13.2. The Balaban J connectivity index is 1.59. The van der Waals surface area contributed by atoms with Crippen molar-refractivity contribution in [1.82, 2.24) is 4.90 Å². The molecule has 0 aromatic heterocycles. The molecule has 0 spiro atoms. The van der Waals surface area contributed by atoms with E-state index in [9.17, 15) is 9.59 Å². The summed E-state index contributed by atoms with van der Waals surface area (Å²) in [5, 5.41) is 3.75. The van der Waals surface area contributed by atoms with Gasteiger partial charge in [0, 0.05) is 22.2 Å². The highest BCUT2D eigenvalue weighted by atomic mass is 35.5. The Hall–Kier alpha value is -3.00. The number of ether oxygens (including phenoxy) is 1. The molecule has 1 unspecified atom stereocenters. The highest BCUT2D eigenvalue weighted by Crippen LogP contribution is 2.32. The molecule has 1 saturated heterocycles. The number of halogens is 2. The van der Waals surface area contributed by atoms with E-state index in [2.05, 4.69) is 10.3 Å². The number of carbonyl (C=O) groups is 2. The number of amides is 2. The van der Waals surface area contributed by atoms with Gasteiger partial charge in [-0.25, -0.2) is 4.99 Å². The number of hydrogen-bond donors (Lipinski definition) is 1. The number of carbonyl (C=O) groups excluding carboxylic acids is 2. The standard InChI is InChI=1S/C26H23Cl2N3O3S/c1-16-6-9-20(13-22(16)28)29-25(33)23-14-24(32)31(15-17-7-10-21(34-2)11-8-17)26(35-23)30-19-5-3-4-18(27)12-19/h3-13,23H,14-15H2,1-2H3,(H,29,33). The second-order valence-corrected chi connectivity index (χ2v) is 9.98. The van der Waals surface area contributed by atoms with E-state index in [0.29, 0.717) is 33.1 Å². The summed E-state index contributed by atoms with van der Waals surface area (Å²) < 4.78 is 5.22. The first kappa shape index (κ1) is 25.1. The van der Waals surface area contributed by atoms with Crippen LogP contribution in [0.5, 0.6) is 5.75 Å². The minimum absolute atomic E-state index is 0.0425. The molecule has 0 radical (unpaired) electrons. The summed E-state index contributed by atoms with van der Waals surface area (Å²) in [4.78, 5) is 32.6. The van der Waals surface area contributed by atoms with Crippen molar-refractivity contribution < 1.29 is 14.3 Å². The van der Waals surface area contributed by atoms with Gasteiger partial charge in [0.2, 0.25) is 11.8 Å². The fourth-order valence-electron chi connectivity index (χ4n) is 3.46. The van der Waals surface area contributed by atoms with Crippen molar-refractivity contribution in [3.8, 4) is 5.75 Å². The largest absolute Gasteiger partial charge is 0.497 e.